The van der Waals surface area contributed by atoms with Gasteiger partial charge in [0.05, 0.1) is 0 Å². The molecule has 0 aromatic heterocycles. The van der Waals surface area contributed by atoms with Crippen molar-refractivity contribution in [2.24, 2.45) is 5.92 Å². The first-order valence-electron chi connectivity index (χ1n) is 6.01. The molecule has 1 heterocycles. The molecule has 2 rings (SSSR count). The Bertz CT molecular complexity index is 309. The highest BCUT2D eigenvalue weighted by Gasteiger charge is 2.16. The van der Waals surface area contributed by atoms with Gasteiger partial charge in [0.2, 0.25) is 0 Å². The largest absolute Gasteiger partial charge is 0.305 e. The number of fused-ring (bicyclic) bond motifs is 1. The molecular formula is C14H21N. The first kappa shape index (κ1) is 10.7. The fourth-order valence-electron chi connectivity index (χ4n) is 2.42. The molecule has 1 aliphatic carbocycles. The highest BCUT2D eigenvalue weighted by atomic mass is 15.1. The van der Waals surface area contributed by atoms with E-state index in [1.807, 2.05) is 0 Å². The molecule has 0 aromatic carbocycles. The van der Waals surface area contributed by atoms with Crippen LogP contribution in [0.3, 0.4) is 0 Å². The van der Waals surface area contributed by atoms with E-state index in [1.165, 1.54) is 43.5 Å². The predicted octanol–water partition coefficient (Wildman–Crippen LogP) is 3.16. The average Bonchev–Trinajstić information content (AvgIpc) is 2.27. The molecule has 1 atom stereocenters. The van der Waals surface area contributed by atoms with Crippen molar-refractivity contribution in [3.05, 3.63) is 35.5 Å². The molecule has 0 amide bonds. The van der Waals surface area contributed by atoms with Crippen LogP contribution in [-0.2, 0) is 0 Å². The van der Waals surface area contributed by atoms with Gasteiger partial charge in [-0.3, -0.25) is 0 Å². The Morgan fingerprint density at radius 2 is 2.13 bits per heavy atom. The third-order valence-corrected chi connectivity index (χ3v) is 3.31. The van der Waals surface area contributed by atoms with Gasteiger partial charge in [-0.2, -0.15) is 0 Å². The highest BCUT2D eigenvalue weighted by Crippen LogP contribution is 2.25. The molecule has 1 unspecified atom stereocenters. The number of hydrogen-bond donors (Lipinski definition) is 0. The van der Waals surface area contributed by atoms with Crippen LogP contribution in [0.5, 0.6) is 0 Å². The lowest BCUT2D eigenvalue weighted by atomic mass is 9.90. The molecule has 1 heteroatoms. The van der Waals surface area contributed by atoms with Crippen LogP contribution in [0.25, 0.3) is 0 Å². The van der Waals surface area contributed by atoms with Crippen molar-refractivity contribution in [3.8, 4) is 0 Å². The van der Waals surface area contributed by atoms with E-state index in [1.54, 1.807) is 0 Å². The Morgan fingerprint density at radius 1 is 1.27 bits per heavy atom. The molecule has 0 fully saturated rings. The van der Waals surface area contributed by atoms with E-state index < -0.39 is 0 Å². The molecule has 0 saturated carbocycles. The van der Waals surface area contributed by atoms with E-state index in [4.69, 9.17) is 0 Å². The molecule has 0 aromatic rings. The lowest BCUT2D eigenvalue weighted by Gasteiger charge is -2.24. The van der Waals surface area contributed by atoms with Gasteiger partial charge in [0.15, 0.2) is 0 Å². The lowest BCUT2D eigenvalue weighted by Crippen LogP contribution is -2.26. The second-order valence-electron chi connectivity index (χ2n) is 4.81. The summed E-state index contributed by atoms with van der Waals surface area (Å²) >= 11 is 0. The fraction of sp³-hybridized carbons (Fsp3) is 0.571. The van der Waals surface area contributed by atoms with Gasteiger partial charge in [-0.25, -0.2) is 0 Å². The molecule has 1 nitrogen and oxygen atoms in total. The molecule has 1 aliphatic heterocycles. The average molecular weight is 203 g/mol. The fourth-order valence-corrected chi connectivity index (χ4v) is 2.42. The van der Waals surface area contributed by atoms with Crippen LogP contribution in [0.1, 0.15) is 26.2 Å². The molecule has 0 radical (unpaired) electrons. The van der Waals surface area contributed by atoms with Crippen LogP contribution in [0.15, 0.2) is 35.5 Å². The molecule has 0 saturated heterocycles. The van der Waals surface area contributed by atoms with Crippen molar-refractivity contribution < 1.29 is 0 Å². The topological polar surface area (TPSA) is 3.24 Å². The Labute approximate surface area is 93.2 Å². The van der Waals surface area contributed by atoms with E-state index in [2.05, 4.69) is 43.2 Å². The first-order valence-corrected chi connectivity index (χ1v) is 6.01. The molecule has 0 spiro atoms. The molecule has 0 N–H and O–H groups in total. The number of rotatable bonds is 0. The third kappa shape index (κ3) is 2.82. The van der Waals surface area contributed by atoms with Crippen molar-refractivity contribution in [2.75, 3.05) is 20.1 Å². The van der Waals surface area contributed by atoms with Crippen LogP contribution in [-0.4, -0.2) is 25.0 Å². The minimum atomic E-state index is 0.623. The quantitative estimate of drug-likeness (QED) is 0.584. The van der Waals surface area contributed by atoms with Gasteiger partial charge < -0.3 is 4.90 Å². The molecule has 0 bridgehead atoms. The van der Waals surface area contributed by atoms with Crippen LogP contribution in [0.4, 0.5) is 0 Å². The normalized spacial score (nSPS) is 31.7. The zero-order valence-corrected chi connectivity index (χ0v) is 9.87. The van der Waals surface area contributed by atoms with Crippen LogP contribution < -0.4 is 0 Å². The molecule has 82 valence electrons. The van der Waals surface area contributed by atoms with Crippen LogP contribution >= 0.6 is 0 Å². The van der Waals surface area contributed by atoms with Gasteiger partial charge in [-0.05, 0) is 45.4 Å². The predicted molar refractivity (Wildman–Crippen MR) is 65.8 cm³/mol. The van der Waals surface area contributed by atoms with Gasteiger partial charge in [-0.1, -0.05) is 29.9 Å². The SMILES string of the molecule is CC1=CC2CN(C)CCCC/C=C\2C=C1. The Morgan fingerprint density at radius 3 is 3.00 bits per heavy atom. The second kappa shape index (κ2) is 4.80. The summed E-state index contributed by atoms with van der Waals surface area (Å²) in [5.74, 6) is 0.623. The van der Waals surface area contributed by atoms with Crippen molar-refractivity contribution in [2.45, 2.75) is 26.2 Å². The maximum absolute atomic E-state index is 2.47. The van der Waals surface area contributed by atoms with E-state index in [0.717, 1.165) is 0 Å². The van der Waals surface area contributed by atoms with Crippen molar-refractivity contribution >= 4 is 0 Å². The van der Waals surface area contributed by atoms with Crippen molar-refractivity contribution in [1.29, 1.82) is 0 Å². The van der Waals surface area contributed by atoms with E-state index in [-0.39, 0.29) is 0 Å². The Kier molecular flexibility index (Phi) is 3.42. The Balaban J connectivity index is 2.17. The van der Waals surface area contributed by atoms with E-state index >= 15 is 0 Å². The molecule has 2 aliphatic rings. The maximum atomic E-state index is 2.47. The summed E-state index contributed by atoms with van der Waals surface area (Å²) in [5.41, 5.74) is 2.93. The monoisotopic (exact) mass is 203 g/mol. The Hall–Kier alpha value is -0.820. The zero-order chi connectivity index (χ0) is 10.7. The highest BCUT2D eigenvalue weighted by molar-refractivity contribution is 5.37. The van der Waals surface area contributed by atoms with Crippen LogP contribution in [0.2, 0.25) is 0 Å². The number of allylic oxidation sites excluding steroid dienone is 4. The first-order chi connectivity index (χ1) is 7.25. The summed E-state index contributed by atoms with van der Waals surface area (Å²) in [5, 5.41) is 0. The number of nitrogens with zero attached hydrogens (tertiary/aromatic N) is 1. The summed E-state index contributed by atoms with van der Waals surface area (Å²) in [4.78, 5) is 2.47. The van der Waals surface area contributed by atoms with Gasteiger partial charge in [0.25, 0.3) is 0 Å². The zero-order valence-electron chi connectivity index (χ0n) is 9.87. The van der Waals surface area contributed by atoms with Gasteiger partial charge in [-0.15, -0.1) is 0 Å². The standard InChI is InChI=1S/C14H21N/c1-12-7-8-13-6-4-3-5-9-15(2)11-14(13)10-12/h6-8,10,14H,3-5,9,11H2,1-2H3/b13-6-. The van der Waals surface area contributed by atoms with E-state index in [9.17, 15) is 0 Å². The van der Waals surface area contributed by atoms with E-state index in [0.29, 0.717) is 5.92 Å². The second-order valence-corrected chi connectivity index (χ2v) is 4.81. The van der Waals surface area contributed by atoms with Gasteiger partial charge >= 0.3 is 0 Å². The third-order valence-electron chi connectivity index (χ3n) is 3.31. The summed E-state index contributed by atoms with van der Waals surface area (Å²) in [6.07, 6.45) is 13.3. The summed E-state index contributed by atoms with van der Waals surface area (Å²) in [6, 6.07) is 0. The smallest absolute Gasteiger partial charge is 0.0148 e. The molecular weight excluding hydrogens is 182 g/mol. The minimum Gasteiger partial charge on any atom is -0.305 e. The minimum absolute atomic E-state index is 0.623. The summed E-state index contributed by atoms with van der Waals surface area (Å²) < 4.78 is 0. The lowest BCUT2D eigenvalue weighted by molar-refractivity contribution is 0.311. The molecule has 15 heavy (non-hydrogen) atoms. The summed E-state index contributed by atoms with van der Waals surface area (Å²) in [6.45, 7) is 4.61. The van der Waals surface area contributed by atoms with Crippen molar-refractivity contribution in [1.82, 2.24) is 4.90 Å². The van der Waals surface area contributed by atoms with Crippen molar-refractivity contribution in [3.63, 3.8) is 0 Å². The van der Waals surface area contributed by atoms with Gasteiger partial charge in [0, 0.05) is 12.5 Å². The number of hydrogen-bond acceptors (Lipinski definition) is 1. The maximum Gasteiger partial charge on any atom is 0.0148 e. The van der Waals surface area contributed by atoms with Crippen LogP contribution in [0, 0.1) is 5.92 Å². The summed E-state index contributed by atoms with van der Waals surface area (Å²) in [7, 11) is 2.24. The van der Waals surface area contributed by atoms with Gasteiger partial charge in [0.1, 0.15) is 0 Å².